The molecule has 3 N–H and O–H groups in total. The van der Waals surface area contributed by atoms with E-state index in [1.165, 1.54) is 4.90 Å². The van der Waals surface area contributed by atoms with Gasteiger partial charge < -0.3 is 20.6 Å². The van der Waals surface area contributed by atoms with E-state index in [-0.39, 0.29) is 37.1 Å². The van der Waals surface area contributed by atoms with Gasteiger partial charge in [-0.2, -0.15) is 0 Å². The minimum absolute atomic E-state index is 0.0461. The number of aliphatic hydroxyl groups excluding tert-OH is 1. The van der Waals surface area contributed by atoms with Crippen molar-refractivity contribution in [1.82, 2.24) is 20.5 Å². The summed E-state index contributed by atoms with van der Waals surface area (Å²) in [5, 5.41) is 16.1. The Hall–Kier alpha value is -3.22. The van der Waals surface area contributed by atoms with Crippen molar-refractivity contribution >= 4 is 29.1 Å². The average molecular weight is 539 g/mol. The third kappa shape index (κ3) is 7.65. The number of hydrogen-bond acceptors (Lipinski definition) is 6. The van der Waals surface area contributed by atoms with Gasteiger partial charge in [0.15, 0.2) is 0 Å². The highest BCUT2D eigenvalue weighted by Crippen LogP contribution is 2.28. The molecule has 3 rings (SSSR count). The van der Waals surface area contributed by atoms with Crippen molar-refractivity contribution in [2.45, 2.75) is 84.5 Å². The summed E-state index contributed by atoms with van der Waals surface area (Å²) < 4.78 is 0. The molecule has 38 heavy (non-hydrogen) atoms. The number of thiazole rings is 1. The number of aliphatic hydroxyl groups is 1. The molecule has 2 aromatic rings. The fourth-order valence-corrected chi connectivity index (χ4v) is 5.34. The molecule has 1 aromatic carbocycles. The molecule has 2 heterocycles. The zero-order valence-corrected chi connectivity index (χ0v) is 23.4. The second kappa shape index (κ2) is 13.0. The van der Waals surface area contributed by atoms with Crippen molar-refractivity contribution in [3.8, 4) is 22.8 Å². The lowest BCUT2D eigenvalue weighted by Gasteiger charge is -2.35. The van der Waals surface area contributed by atoms with E-state index in [1.54, 1.807) is 11.3 Å². The smallest absolute Gasteiger partial charge is 0.246 e. The number of amides is 3. The summed E-state index contributed by atoms with van der Waals surface area (Å²) in [7, 11) is 0. The molecule has 0 bridgehead atoms. The van der Waals surface area contributed by atoms with Gasteiger partial charge >= 0.3 is 0 Å². The van der Waals surface area contributed by atoms with Gasteiger partial charge in [0.1, 0.15) is 12.1 Å². The van der Waals surface area contributed by atoms with Gasteiger partial charge in [0.2, 0.25) is 17.7 Å². The maximum Gasteiger partial charge on any atom is 0.246 e. The van der Waals surface area contributed by atoms with Crippen molar-refractivity contribution in [1.29, 1.82) is 0 Å². The minimum Gasteiger partial charge on any atom is -0.391 e. The van der Waals surface area contributed by atoms with Crippen LogP contribution in [0.5, 0.6) is 0 Å². The largest absolute Gasteiger partial charge is 0.391 e. The predicted molar refractivity (Wildman–Crippen MR) is 149 cm³/mol. The summed E-state index contributed by atoms with van der Waals surface area (Å²) in [5.41, 5.74) is 4.21. The van der Waals surface area contributed by atoms with Crippen LogP contribution in [-0.4, -0.2) is 57.4 Å². The zero-order chi connectivity index (χ0) is 27.9. The number of nitrogens with one attached hydrogen (secondary N) is 2. The first kappa shape index (κ1) is 29.3. The molecule has 1 aliphatic heterocycles. The predicted octanol–water partition coefficient (Wildman–Crippen LogP) is 3.42. The molecular formula is C29H38N4O4S. The summed E-state index contributed by atoms with van der Waals surface area (Å²) in [4.78, 5) is 46.1. The number of nitrogens with zero attached hydrogens (tertiary/aromatic N) is 2. The number of carbonyl (C=O) groups excluding carboxylic acids is 3. The van der Waals surface area contributed by atoms with Crippen LogP contribution >= 0.6 is 11.3 Å². The maximum atomic E-state index is 13.6. The second-order valence-electron chi connectivity index (χ2n) is 10.9. The van der Waals surface area contributed by atoms with Crippen molar-refractivity contribution in [3.63, 3.8) is 0 Å². The molecule has 0 radical (unpaired) electrons. The van der Waals surface area contributed by atoms with Crippen LogP contribution in [0.3, 0.4) is 0 Å². The van der Waals surface area contributed by atoms with Crippen LogP contribution in [-0.2, 0) is 20.9 Å². The van der Waals surface area contributed by atoms with Gasteiger partial charge in [-0.05, 0) is 36.3 Å². The number of unbranched alkanes of at least 4 members (excludes halogenated alkanes) is 2. The first-order valence-electron chi connectivity index (χ1n) is 13.0. The molecule has 204 valence electrons. The summed E-state index contributed by atoms with van der Waals surface area (Å²) in [6, 6.07) is 6.27. The minimum atomic E-state index is -0.828. The van der Waals surface area contributed by atoms with E-state index in [0.29, 0.717) is 19.4 Å². The van der Waals surface area contributed by atoms with Crippen LogP contribution in [0, 0.1) is 24.7 Å². The molecule has 1 fully saturated rings. The normalized spacial score (nSPS) is 18.1. The highest BCUT2D eigenvalue weighted by atomic mass is 32.1. The number of hydrogen-bond donors (Lipinski definition) is 3. The molecular weight excluding hydrogens is 500 g/mol. The summed E-state index contributed by atoms with van der Waals surface area (Å²) in [6.45, 7) is 7.92. The summed E-state index contributed by atoms with van der Waals surface area (Å²) in [5.74, 6) is 1.63. The van der Waals surface area contributed by atoms with E-state index in [0.717, 1.165) is 28.1 Å². The molecule has 0 saturated carbocycles. The number of terminal acetylenes is 1. The van der Waals surface area contributed by atoms with Crippen LogP contribution < -0.4 is 10.6 Å². The van der Waals surface area contributed by atoms with Crippen LogP contribution in [0.15, 0.2) is 29.8 Å². The summed E-state index contributed by atoms with van der Waals surface area (Å²) in [6.07, 6.45) is 6.87. The average Bonchev–Trinajstić information content (AvgIpc) is 3.48. The van der Waals surface area contributed by atoms with E-state index >= 15 is 0 Å². The highest BCUT2D eigenvalue weighted by molar-refractivity contribution is 7.13. The Morgan fingerprint density at radius 1 is 1.24 bits per heavy atom. The van der Waals surface area contributed by atoms with Crippen LogP contribution in [0.2, 0.25) is 0 Å². The number of carbonyl (C=O) groups is 3. The van der Waals surface area contributed by atoms with E-state index < -0.39 is 23.6 Å². The molecule has 0 spiro atoms. The zero-order valence-electron chi connectivity index (χ0n) is 22.6. The maximum absolute atomic E-state index is 13.6. The standard InChI is InChI=1S/C29H38N4O4S/c1-6-7-8-9-10-24(35)32-26(29(3,4)5)28(37)33-17-22(34)15-23(33)27(36)30-16-20-11-13-21(14-12-20)25-19(2)31-18-38-25/h1,11-14,18,22-23,26,34H,7-10,15-17H2,2-5H3,(H,30,36)(H,32,35). The van der Waals surface area contributed by atoms with Crippen LogP contribution in [0.25, 0.3) is 10.4 Å². The Labute approximate surface area is 229 Å². The van der Waals surface area contributed by atoms with E-state index in [4.69, 9.17) is 6.42 Å². The molecule has 9 heteroatoms. The van der Waals surface area contributed by atoms with E-state index in [9.17, 15) is 19.5 Å². The monoisotopic (exact) mass is 538 g/mol. The lowest BCUT2D eigenvalue weighted by atomic mass is 9.85. The Morgan fingerprint density at radius 2 is 1.95 bits per heavy atom. The molecule has 3 amide bonds. The van der Waals surface area contributed by atoms with Crippen molar-refractivity contribution in [2.24, 2.45) is 5.41 Å². The van der Waals surface area contributed by atoms with E-state index in [1.807, 2.05) is 57.5 Å². The van der Waals surface area contributed by atoms with Crippen molar-refractivity contribution < 1.29 is 19.5 Å². The van der Waals surface area contributed by atoms with Gasteiger partial charge in [-0.15, -0.1) is 23.7 Å². The summed E-state index contributed by atoms with van der Waals surface area (Å²) >= 11 is 1.58. The van der Waals surface area contributed by atoms with E-state index in [2.05, 4.69) is 21.5 Å². The third-order valence-electron chi connectivity index (χ3n) is 6.69. The van der Waals surface area contributed by atoms with Gasteiger partial charge in [-0.1, -0.05) is 45.0 Å². The number of aromatic nitrogens is 1. The molecule has 0 aliphatic carbocycles. The van der Waals surface area contributed by atoms with Crippen LogP contribution in [0.4, 0.5) is 0 Å². The van der Waals surface area contributed by atoms with Gasteiger partial charge in [-0.3, -0.25) is 14.4 Å². The molecule has 1 saturated heterocycles. The van der Waals surface area contributed by atoms with Gasteiger partial charge in [-0.25, -0.2) is 4.98 Å². The fourth-order valence-electron chi connectivity index (χ4n) is 4.53. The Bertz CT molecular complexity index is 1160. The second-order valence-corrected chi connectivity index (χ2v) is 11.7. The number of likely N-dealkylation sites (tertiary alicyclic amines) is 1. The van der Waals surface area contributed by atoms with Gasteiger partial charge in [0.25, 0.3) is 0 Å². The Balaban J connectivity index is 1.63. The number of aryl methyl sites for hydroxylation is 1. The lowest BCUT2D eigenvalue weighted by molar-refractivity contribution is -0.144. The van der Waals surface area contributed by atoms with Crippen molar-refractivity contribution in [3.05, 3.63) is 41.0 Å². The highest BCUT2D eigenvalue weighted by Gasteiger charge is 2.44. The quantitative estimate of drug-likeness (QED) is 0.317. The first-order valence-corrected chi connectivity index (χ1v) is 13.9. The molecule has 1 aliphatic rings. The Morgan fingerprint density at radius 3 is 2.55 bits per heavy atom. The van der Waals surface area contributed by atoms with Gasteiger partial charge in [0, 0.05) is 32.4 Å². The fraction of sp³-hybridized carbons (Fsp3) is 0.517. The number of benzene rings is 1. The topological polar surface area (TPSA) is 112 Å². The number of rotatable bonds is 10. The molecule has 3 atom stereocenters. The van der Waals surface area contributed by atoms with Gasteiger partial charge in [0.05, 0.1) is 22.2 Å². The van der Waals surface area contributed by atoms with Crippen LogP contribution in [0.1, 0.15) is 64.1 Å². The molecule has 3 unspecified atom stereocenters. The first-order chi connectivity index (χ1) is 18.0. The molecule has 1 aromatic heterocycles. The molecule has 8 nitrogen and oxygen atoms in total. The number of β-amino-alcohol motifs (C(OH)–C–C–N with tert-alkyl or cyclic N) is 1. The SMILES string of the molecule is C#CCCCCC(=O)NC(C(=O)N1CC(O)CC1C(=O)NCc1ccc(-c2scnc2C)cc1)C(C)(C)C. The Kier molecular flexibility index (Phi) is 10.1. The van der Waals surface area contributed by atoms with Crippen molar-refractivity contribution in [2.75, 3.05) is 6.54 Å². The third-order valence-corrected chi connectivity index (χ3v) is 7.66. The lowest BCUT2D eigenvalue weighted by Crippen LogP contribution is -2.57.